The number of hydrogen-bond donors (Lipinski definition) is 3. The number of nitrogens with zero attached hydrogens (tertiary/aromatic N) is 4. The zero-order chi connectivity index (χ0) is 36.3. The first-order valence-corrected chi connectivity index (χ1v) is 18.0. The van der Waals surface area contributed by atoms with Crippen molar-refractivity contribution in [3.05, 3.63) is 72.3 Å². The number of methoxy groups -OCH3 is 2. The van der Waals surface area contributed by atoms with E-state index >= 15 is 0 Å². The lowest BCUT2D eigenvalue weighted by Crippen LogP contribution is -2.51. The second kappa shape index (κ2) is 13.3. The van der Waals surface area contributed by atoms with E-state index in [0.29, 0.717) is 18.3 Å². The van der Waals surface area contributed by atoms with Gasteiger partial charge in [0.25, 0.3) is 0 Å². The fourth-order valence-electron chi connectivity index (χ4n) is 8.33. The molecule has 13 nitrogen and oxygen atoms in total. The zero-order valence-electron chi connectivity index (χ0n) is 29.7. The molecule has 0 spiro atoms. The fraction of sp³-hybridized carbons (Fsp3) is 0.436. The summed E-state index contributed by atoms with van der Waals surface area (Å²) in [5.74, 6) is 1.49. The molecule has 3 N–H and O–H groups in total. The summed E-state index contributed by atoms with van der Waals surface area (Å²) in [5, 5.41) is 5.21. The number of nitrogens with one attached hydrogen (secondary N) is 3. The van der Waals surface area contributed by atoms with Crippen molar-refractivity contribution in [2.75, 3.05) is 14.2 Å². The van der Waals surface area contributed by atoms with Gasteiger partial charge in [0.2, 0.25) is 11.8 Å². The molecule has 3 aliphatic heterocycles. The maximum Gasteiger partial charge on any atom is 0.407 e. The number of carbonyl (C=O) groups excluding carboxylic acids is 4. The van der Waals surface area contributed by atoms with Crippen LogP contribution in [0.1, 0.15) is 63.4 Å². The van der Waals surface area contributed by atoms with Crippen LogP contribution in [0, 0.1) is 11.8 Å². The van der Waals surface area contributed by atoms with Crippen LogP contribution in [0.2, 0.25) is 0 Å². The molecular formula is C39H43N7O6. The average Bonchev–Trinajstić information content (AvgIpc) is 3.76. The van der Waals surface area contributed by atoms with E-state index in [0.717, 1.165) is 70.7 Å². The third-order valence-corrected chi connectivity index (χ3v) is 11.3. The van der Waals surface area contributed by atoms with E-state index in [1.165, 1.54) is 14.2 Å². The highest BCUT2D eigenvalue weighted by Crippen LogP contribution is 2.53. The van der Waals surface area contributed by atoms with Crippen LogP contribution in [-0.4, -0.2) is 93.9 Å². The second-order valence-electron chi connectivity index (χ2n) is 14.6. The SMILES string of the molecule is COC(=O)N[C@@H](C)C(=O)N1[C@@H]2C[C@@H]2C[C@H]1C1=NC=C(c2ccc(-c3ccc(-c4cnc([C@@H]5C[C@H]6C[C@H]6N5C(=O)[C@H](C)NC(=O)OC)[nH]4)cc3)cc2)C1. The molecule has 2 saturated carbocycles. The minimum absolute atomic E-state index is 0.0557. The van der Waals surface area contributed by atoms with Crippen molar-refractivity contribution in [3.8, 4) is 22.4 Å². The Kier molecular flexibility index (Phi) is 8.59. The van der Waals surface area contributed by atoms with Gasteiger partial charge in [-0.1, -0.05) is 48.5 Å². The van der Waals surface area contributed by atoms with Gasteiger partial charge in [-0.2, -0.15) is 0 Å². The van der Waals surface area contributed by atoms with Gasteiger partial charge in [0.1, 0.15) is 17.9 Å². The number of amides is 4. The summed E-state index contributed by atoms with van der Waals surface area (Å²) < 4.78 is 9.37. The van der Waals surface area contributed by atoms with E-state index in [1.807, 2.05) is 22.2 Å². The summed E-state index contributed by atoms with van der Waals surface area (Å²) >= 11 is 0. The highest BCUT2D eigenvalue weighted by Gasteiger charge is 2.57. The Morgan fingerprint density at radius 3 is 1.79 bits per heavy atom. The number of ether oxygens (including phenoxy) is 2. The summed E-state index contributed by atoms with van der Waals surface area (Å²) in [6.07, 6.45) is 6.93. The number of carbonyl (C=O) groups is 4. The summed E-state index contributed by atoms with van der Waals surface area (Å²) in [4.78, 5) is 66.8. The number of aromatic nitrogens is 2. The number of benzene rings is 2. The number of likely N-dealkylation sites (tertiary alicyclic amines) is 2. The number of aromatic amines is 1. The maximum absolute atomic E-state index is 13.3. The summed E-state index contributed by atoms with van der Waals surface area (Å²) in [6, 6.07) is 15.6. The predicted molar refractivity (Wildman–Crippen MR) is 193 cm³/mol. The molecular weight excluding hydrogens is 662 g/mol. The number of H-pyrrole nitrogens is 1. The highest BCUT2D eigenvalue weighted by atomic mass is 16.5. The molecule has 8 atom stereocenters. The van der Waals surface area contributed by atoms with Crippen LogP contribution < -0.4 is 10.6 Å². The van der Waals surface area contributed by atoms with Gasteiger partial charge in [-0.15, -0.1) is 0 Å². The molecule has 0 unspecified atom stereocenters. The highest BCUT2D eigenvalue weighted by molar-refractivity contribution is 6.04. The van der Waals surface area contributed by atoms with Crippen LogP contribution >= 0.6 is 0 Å². The molecule has 270 valence electrons. The number of allylic oxidation sites excluding steroid dienone is 1. The Morgan fingerprint density at radius 1 is 0.731 bits per heavy atom. The van der Waals surface area contributed by atoms with Crippen molar-refractivity contribution in [1.82, 2.24) is 30.4 Å². The lowest BCUT2D eigenvalue weighted by molar-refractivity contribution is -0.135. The van der Waals surface area contributed by atoms with Crippen LogP contribution in [0.5, 0.6) is 0 Å². The van der Waals surface area contributed by atoms with E-state index in [1.54, 1.807) is 13.8 Å². The third kappa shape index (κ3) is 6.22. The molecule has 1 aromatic heterocycles. The van der Waals surface area contributed by atoms with Crippen LogP contribution in [-0.2, 0) is 19.1 Å². The van der Waals surface area contributed by atoms with Crippen LogP contribution in [0.3, 0.4) is 0 Å². The number of alkyl carbamates (subject to hydrolysis) is 2. The summed E-state index contributed by atoms with van der Waals surface area (Å²) in [5.41, 5.74) is 7.26. The molecule has 52 heavy (non-hydrogen) atoms. The first-order chi connectivity index (χ1) is 25.1. The first kappa shape index (κ1) is 33.7. The number of piperidine rings is 2. The Morgan fingerprint density at radius 2 is 1.23 bits per heavy atom. The van der Waals surface area contributed by atoms with E-state index < -0.39 is 24.3 Å². The molecule has 5 aliphatic rings. The molecule has 2 aliphatic carbocycles. The number of imidazole rings is 1. The molecule has 4 amide bonds. The van der Waals surface area contributed by atoms with Crippen molar-refractivity contribution in [2.45, 2.75) is 82.2 Å². The van der Waals surface area contributed by atoms with Gasteiger partial charge in [-0.25, -0.2) is 14.6 Å². The molecule has 3 aromatic rings. The third-order valence-electron chi connectivity index (χ3n) is 11.3. The van der Waals surface area contributed by atoms with E-state index in [4.69, 9.17) is 4.99 Å². The topological polar surface area (TPSA) is 158 Å². The largest absolute Gasteiger partial charge is 0.453 e. The van der Waals surface area contributed by atoms with Crippen molar-refractivity contribution in [2.24, 2.45) is 16.8 Å². The van der Waals surface area contributed by atoms with Crippen LogP contribution in [0.4, 0.5) is 9.59 Å². The molecule has 0 bridgehead atoms. The van der Waals surface area contributed by atoms with Crippen molar-refractivity contribution in [1.29, 1.82) is 0 Å². The second-order valence-corrected chi connectivity index (χ2v) is 14.6. The average molecular weight is 706 g/mol. The van der Waals surface area contributed by atoms with E-state index in [9.17, 15) is 19.2 Å². The van der Waals surface area contributed by atoms with Gasteiger partial charge in [0, 0.05) is 30.4 Å². The van der Waals surface area contributed by atoms with Gasteiger partial charge in [-0.05, 0) is 79.2 Å². The molecule has 13 heteroatoms. The Labute approximate surface area is 301 Å². The molecule has 2 saturated heterocycles. The lowest BCUT2D eigenvalue weighted by Gasteiger charge is -2.30. The van der Waals surface area contributed by atoms with Crippen LogP contribution in [0.15, 0.2) is 65.9 Å². The first-order valence-electron chi connectivity index (χ1n) is 18.0. The summed E-state index contributed by atoms with van der Waals surface area (Å²) in [6.45, 7) is 3.38. The van der Waals surface area contributed by atoms with Crippen molar-refractivity contribution in [3.63, 3.8) is 0 Å². The van der Waals surface area contributed by atoms with E-state index in [2.05, 4.69) is 78.6 Å². The molecule has 2 aromatic carbocycles. The van der Waals surface area contributed by atoms with Crippen LogP contribution in [0.25, 0.3) is 28.0 Å². The minimum Gasteiger partial charge on any atom is -0.453 e. The molecule has 4 heterocycles. The van der Waals surface area contributed by atoms with Gasteiger partial charge < -0.3 is 34.9 Å². The Balaban J connectivity index is 0.892. The lowest BCUT2D eigenvalue weighted by atomic mass is 9.95. The number of aliphatic imine (C=N–C) groups is 1. The van der Waals surface area contributed by atoms with Gasteiger partial charge in [0.05, 0.1) is 38.2 Å². The summed E-state index contributed by atoms with van der Waals surface area (Å²) in [7, 11) is 2.57. The van der Waals surface area contributed by atoms with Crippen molar-refractivity contribution < 1.29 is 28.7 Å². The molecule has 8 rings (SSSR count). The van der Waals surface area contributed by atoms with Gasteiger partial charge in [-0.3, -0.25) is 14.6 Å². The molecule has 0 radical (unpaired) electrons. The maximum atomic E-state index is 13.3. The monoisotopic (exact) mass is 705 g/mol. The van der Waals surface area contributed by atoms with Gasteiger partial charge >= 0.3 is 12.2 Å². The minimum atomic E-state index is -0.690. The van der Waals surface area contributed by atoms with Crippen molar-refractivity contribution >= 4 is 35.3 Å². The zero-order valence-corrected chi connectivity index (χ0v) is 29.7. The fourth-order valence-corrected chi connectivity index (χ4v) is 8.33. The smallest absolute Gasteiger partial charge is 0.407 e. The standard InChI is InChI=1S/C39H43N7O6/c1-20(42-38(49)51-3)36(47)45-31-14-26(31)16-33(45)29-13-28(18-40-29)24-7-5-22(6-8-24)23-9-11-25(12-10-23)30-19-41-35(44-30)34-17-27-15-32(27)46(34)37(48)21(2)43-39(50)52-4/h5-12,18-21,26-27,31-34H,13-17H2,1-4H3,(H,41,44)(H,42,49)(H,43,50)/t20-,21-,26+,27+,31+,32+,33-,34-/m0/s1. The van der Waals surface area contributed by atoms with Gasteiger partial charge in [0.15, 0.2) is 0 Å². The number of rotatable bonds is 9. The molecule has 4 fully saturated rings. The van der Waals surface area contributed by atoms with E-state index in [-0.39, 0.29) is 36.0 Å². The normalized spacial score (nSPS) is 26.4. The number of fused-ring (bicyclic) bond motifs is 2. The Bertz CT molecular complexity index is 1970. The Hall–Kier alpha value is -5.46. The predicted octanol–water partition coefficient (Wildman–Crippen LogP) is 5.07. The number of hydrogen-bond acceptors (Lipinski definition) is 8. The quantitative estimate of drug-likeness (QED) is 0.281.